The summed E-state index contributed by atoms with van der Waals surface area (Å²) in [6.45, 7) is 19.3. The highest BCUT2D eigenvalue weighted by molar-refractivity contribution is 7.25. The van der Waals surface area contributed by atoms with Crippen LogP contribution in [0.15, 0.2) is 138 Å². The Bertz CT molecular complexity index is 3480. The first kappa shape index (κ1) is 36.1. The number of hydrogen-bond acceptors (Lipinski definition) is 2. The molecule has 4 nitrogen and oxygen atoms in total. The summed E-state index contributed by atoms with van der Waals surface area (Å²) in [5.41, 5.74) is 13.7. The number of imidazole rings is 1. The number of thiophene rings is 1. The zero-order valence-corrected chi connectivity index (χ0v) is 37.5. The molecule has 2 aliphatic rings. The van der Waals surface area contributed by atoms with Gasteiger partial charge < -0.3 is 4.42 Å². The molecule has 10 aromatic rings. The van der Waals surface area contributed by atoms with E-state index in [1.165, 1.54) is 69.9 Å². The summed E-state index contributed by atoms with van der Waals surface area (Å²) in [6.07, 6.45) is 3.66. The van der Waals surface area contributed by atoms with Crippen molar-refractivity contribution in [1.82, 2.24) is 4.57 Å². The summed E-state index contributed by atoms with van der Waals surface area (Å²) in [5.74, 6) is 1.69. The van der Waals surface area contributed by atoms with Crippen LogP contribution in [0.3, 0.4) is 0 Å². The van der Waals surface area contributed by atoms with Crippen molar-refractivity contribution in [3.05, 3.63) is 156 Å². The average Bonchev–Trinajstić information content (AvgIpc) is 4.00. The van der Waals surface area contributed by atoms with E-state index < -0.39 is 13.7 Å². The van der Waals surface area contributed by atoms with Gasteiger partial charge in [0.25, 0.3) is 0 Å². The van der Waals surface area contributed by atoms with Gasteiger partial charge in [-0.3, -0.25) is 0 Å². The highest BCUT2D eigenvalue weighted by Gasteiger charge is 2.67. The third-order valence-electron chi connectivity index (χ3n) is 13.4. The van der Waals surface area contributed by atoms with Crippen LogP contribution in [0.1, 0.15) is 56.9 Å². The van der Waals surface area contributed by atoms with Gasteiger partial charge in [-0.25, -0.2) is 0 Å². The van der Waals surface area contributed by atoms with Crippen molar-refractivity contribution in [3.8, 4) is 28.3 Å². The maximum Gasteiger partial charge on any atom is 0.364 e. The number of furan rings is 1. The van der Waals surface area contributed by atoms with Gasteiger partial charge in [0, 0.05) is 42.2 Å². The Hall–Kier alpha value is -5.82. The number of nitrogens with zero attached hydrogens (tertiary/aromatic N) is 3. The monoisotopic (exact) mass is 815 g/mol. The number of rotatable bonds is 4. The number of hydrogen-bond donors (Lipinski definition) is 0. The first-order valence-electron chi connectivity index (χ1n) is 21.5. The van der Waals surface area contributed by atoms with Gasteiger partial charge in [0.05, 0.1) is 24.8 Å². The molecule has 6 aromatic carbocycles. The van der Waals surface area contributed by atoms with E-state index in [1.54, 1.807) is 0 Å². The lowest BCUT2D eigenvalue weighted by atomic mass is 9.82. The summed E-state index contributed by atoms with van der Waals surface area (Å²) in [6, 6.07) is 48.2. The summed E-state index contributed by atoms with van der Waals surface area (Å²) < 4.78 is 17.7. The Labute approximate surface area is 356 Å². The summed E-state index contributed by atoms with van der Waals surface area (Å²) >= 11 is 1.87. The van der Waals surface area contributed by atoms with E-state index >= 15 is 0 Å². The first-order valence-corrected chi connectivity index (χ1v) is 25.8. The van der Waals surface area contributed by atoms with Gasteiger partial charge in [-0.15, -0.1) is 20.5 Å². The molecule has 0 fully saturated rings. The molecule has 0 bridgehead atoms. The lowest BCUT2D eigenvalue weighted by Gasteiger charge is -2.25. The van der Waals surface area contributed by atoms with E-state index in [-0.39, 0.29) is 5.41 Å². The molecule has 0 saturated heterocycles. The Balaban J connectivity index is 1.31. The SMILES string of the molecule is CC(C)Cc1cc2[n+](cc1[Si](C)(C)C)C1(c3cc(C(C)(C)C)ccc3-2)c2ccc3c(oc4ccccc43)c2-c2n(-c3ccc4sc5ccccc5c4c3)c3ccccc3[n+]21. The highest BCUT2D eigenvalue weighted by Crippen LogP contribution is 2.53. The van der Waals surface area contributed by atoms with Crippen LogP contribution in [0.5, 0.6) is 0 Å². The lowest BCUT2D eigenvalue weighted by molar-refractivity contribution is -0.944. The van der Waals surface area contributed by atoms with Crippen LogP contribution in [0.2, 0.25) is 19.6 Å². The second-order valence-corrected chi connectivity index (χ2v) is 25.8. The van der Waals surface area contributed by atoms with Gasteiger partial charge in [0.1, 0.15) is 16.8 Å². The normalized spacial score (nSPS) is 15.9. The number of aromatic nitrogens is 3. The molecule has 12 rings (SSSR count). The third-order valence-corrected chi connectivity index (χ3v) is 16.6. The van der Waals surface area contributed by atoms with Crippen LogP contribution in [-0.2, 0) is 17.5 Å². The molecule has 0 radical (unpaired) electrons. The zero-order chi connectivity index (χ0) is 41.0. The second-order valence-electron chi connectivity index (χ2n) is 19.7. The average molecular weight is 816 g/mol. The van der Waals surface area contributed by atoms with Crippen molar-refractivity contribution >= 4 is 77.7 Å². The van der Waals surface area contributed by atoms with Crippen molar-refractivity contribution in [2.45, 2.75) is 71.8 Å². The number of fused-ring (bicyclic) bond motifs is 19. The lowest BCUT2D eigenvalue weighted by Crippen LogP contribution is -2.72. The second kappa shape index (κ2) is 12.1. The number of benzene rings is 6. The maximum atomic E-state index is 7.12. The maximum absolute atomic E-state index is 7.12. The molecule has 1 spiro atoms. The van der Waals surface area contributed by atoms with E-state index in [2.05, 4.69) is 202 Å². The van der Waals surface area contributed by atoms with Gasteiger partial charge in [0.15, 0.2) is 22.8 Å². The zero-order valence-electron chi connectivity index (χ0n) is 35.6. The molecular weight excluding hydrogens is 767 g/mol. The first-order chi connectivity index (χ1) is 28.8. The van der Waals surface area contributed by atoms with E-state index in [1.807, 2.05) is 11.3 Å². The van der Waals surface area contributed by atoms with Crippen molar-refractivity contribution in [2.24, 2.45) is 5.92 Å². The van der Waals surface area contributed by atoms with Gasteiger partial charge in [0.2, 0.25) is 5.69 Å². The summed E-state index contributed by atoms with van der Waals surface area (Å²) in [4.78, 5) is 0. The molecule has 294 valence electrons. The van der Waals surface area contributed by atoms with Gasteiger partial charge in [-0.05, 0) is 95.6 Å². The van der Waals surface area contributed by atoms with Crippen molar-refractivity contribution in [2.75, 3.05) is 0 Å². The molecule has 6 heteroatoms. The Kier molecular flexibility index (Phi) is 7.30. The molecule has 0 saturated carbocycles. The Morgan fingerprint density at radius 1 is 0.733 bits per heavy atom. The highest BCUT2D eigenvalue weighted by atomic mass is 32.1. The fourth-order valence-corrected chi connectivity index (χ4v) is 13.5. The van der Waals surface area contributed by atoms with Crippen LogP contribution in [-0.4, -0.2) is 12.6 Å². The van der Waals surface area contributed by atoms with Crippen LogP contribution < -0.4 is 14.3 Å². The van der Waals surface area contributed by atoms with Gasteiger partial charge in [-0.1, -0.05) is 109 Å². The number of pyridine rings is 1. The molecule has 4 aromatic heterocycles. The fraction of sp³-hybridized carbons (Fsp3) is 0.222. The van der Waals surface area contributed by atoms with E-state index in [0.29, 0.717) is 5.92 Å². The van der Waals surface area contributed by atoms with Crippen molar-refractivity contribution < 1.29 is 13.6 Å². The van der Waals surface area contributed by atoms with Crippen LogP contribution in [0.4, 0.5) is 0 Å². The minimum atomic E-state index is -1.84. The van der Waals surface area contributed by atoms with Crippen LogP contribution in [0, 0.1) is 5.92 Å². The summed E-state index contributed by atoms with van der Waals surface area (Å²) in [7, 11) is -1.84. The predicted octanol–water partition coefficient (Wildman–Crippen LogP) is 12.8. The Morgan fingerprint density at radius 2 is 1.48 bits per heavy atom. The van der Waals surface area contributed by atoms with E-state index in [9.17, 15) is 0 Å². The largest absolute Gasteiger partial charge is 0.455 e. The van der Waals surface area contributed by atoms with Crippen molar-refractivity contribution in [3.63, 3.8) is 0 Å². The fourth-order valence-electron chi connectivity index (χ4n) is 10.8. The standard InChI is InChI=1S/C54H49N3OSSi/c1-32(2)27-33-28-45-39-23-21-34(53(3,4)5)29-42(39)54(55(45)31-49(33)60(6,7)8)41-25-24-38-36-15-9-13-19-46(36)58-51(38)50(41)52-56(43-17-11-12-18-44(43)57(52)54)35-22-26-48-40(30-35)37-16-10-14-20-47(37)59-48/h9-26,28-32H,27H2,1-8H3/q+2. The van der Waals surface area contributed by atoms with Gasteiger partial charge in [-0.2, -0.15) is 4.57 Å². The predicted molar refractivity (Wildman–Crippen MR) is 253 cm³/mol. The molecule has 1 atom stereocenters. The molecule has 0 amide bonds. The smallest absolute Gasteiger partial charge is 0.364 e. The number of para-hydroxylation sites is 3. The molecular formula is C54H49N3OSSi+2. The summed E-state index contributed by atoms with van der Waals surface area (Å²) in [5, 5.41) is 6.41. The molecule has 6 heterocycles. The van der Waals surface area contributed by atoms with Crippen LogP contribution >= 0.6 is 11.3 Å². The quantitative estimate of drug-likeness (QED) is 0.128. The van der Waals surface area contributed by atoms with Crippen LogP contribution in [0.25, 0.3) is 81.5 Å². The molecule has 60 heavy (non-hydrogen) atoms. The molecule has 0 aliphatic carbocycles. The molecule has 1 unspecified atom stereocenters. The molecule has 2 aliphatic heterocycles. The third kappa shape index (κ3) is 4.72. The van der Waals surface area contributed by atoms with E-state index in [4.69, 9.17) is 4.42 Å². The van der Waals surface area contributed by atoms with Gasteiger partial charge >= 0.3 is 11.5 Å². The minimum Gasteiger partial charge on any atom is -0.455 e. The minimum absolute atomic E-state index is 0.0493. The van der Waals surface area contributed by atoms with E-state index in [0.717, 1.165) is 45.4 Å². The van der Waals surface area contributed by atoms with Crippen molar-refractivity contribution in [1.29, 1.82) is 0 Å². The topological polar surface area (TPSA) is 25.8 Å². The Morgan fingerprint density at radius 3 is 2.28 bits per heavy atom. The molecule has 0 N–H and O–H groups in total.